The SMILES string of the molecule is CC(C)CN(CC(O)C(Cc1ccccc1)NC(=O)C(C)CS(C)(=O)=O)S(=O)(=O)c1ccc2c(c1)NCN2. The van der Waals surface area contributed by atoms with Gasteiger partial charge in [-0.3, -0.25) is 4.79 Å². The molecule has 0 bridgehead atoms. The number of fused-ring (bicyclic) bond motifs is 1. The van der Waals surface area contributed by atoms with Gasteiger partial charge in [0.2, 0.25) is 15.9 Å². The Labute approximate surface area is 225 Å². The molecule has 2 aromatic rings. The normalized spacial score (nSPS) is 15.9. The summed E-state index contributed by atoms with van der Waals surface area (Å²) in [6.45, 7) is 5.71. The van der Waals surface area contributed by atoms with E-state index < -0.39 is 43.8 Å². The molecular formula is C26H38N4O6S2. The fraction of sp³-hybridized carbons (Fsp3) is 0.500. The molecule has 3 rings (SSSR count). The van der Waals surface area contributed by atoms with Gasteiger partial charge in [0.15, 0.2) is 0 Å². The van der Waals surface area contributed by atoms with Gasteiger partial charge in [0, 0.05) is 25.3 Å². The van der Waals surface area contributed by atoms with Crippen molar-refractivity contribution in [2.75, 3.05) is 42.4 Å². The molecule has 1 aliphatic heterocycles. The van der Waals surface area contributed by atoms with Crippen LogP contribution in [0.4, 0.5) is 11.4 Å². The molecule has 2 aromatic carbocycles. The second kappa shape index (κ2) is 12.5. The highest BCUT2D eigenvalue weighted by atomic mass is 32.2. The molecule has 10 nitrogen and oxygen atoms in total. The van der Waals surface area contributed by atoms with E-state index >= 15 is 0 Å². The molecule has 0 saturated carbocycles. The van der Waals surface area contributed by atoms with Gasteiger partial charge < -0.3 is 21.1 Å². The van der Waals surface area contributed by atoms with E-state index in [1.165, 1.54) is 17.3 Å². The molecule has 1 aliphatic rings. The van der Waals surface area contributed by atoms with Crippen LogP contribution in [0.3, 0.4) is 0 Å². The lowest BCUT2D eigenvalue weighted by atomic mass is 10.00. The van der Waals surface area contributed by atoms with E-state index in [9.17, 15) is 26.7 Å². The standard InChI is InChI=1S/C26H38N4O6S2/c1-18(2)14-30(38(35,36)21-10-11-22-23(13-21)28-17-27-22)15-25(31)24(12-20-8-6-5-7-9-20)29-26(32)19(3)16-37(4,33)34/h5-11,13,18-19,24-25,27-28,31H,12,14-17H2,1-4H3,(H,29,32). The van der Waals surface area contributed by atoms with Gasteiger partial charge in [-0.2, -0.15) is 4.31 Å². The number of carbonyl (C=O) groups excluding carboxylic acids is 1. The van der Waals surface area contributed by atoms with Gasteiger partial charge in [-0.1, -0.05) is 51.1 Å². The zero-order valence-electron chi connectivity index (χ0n) is 22.2. The summed E-state index contributed by atoms with van der Waals surface area (Å²) in [7, 11) is -7.37. The number of nitrogens with one attached hydrogen (secondary N) is 3. The molecule has 0 spiro atoms. The fourth-order valence-corrected chi connectivity index (χ4v) is 7.10. The summed E-state index contributed by atoms with van der Waals surface area (Å²) in [5, 5.41) is 20.3. The topological polar surface area (TPSA) is 145 Å². The molecule has 3 unspecified atom stereocenters. The van der Waals surface area contributed by atoms with Crippen molar-refractivity contribution in [3.63, 3.8) is 0 Å². The number of anilines is 2. The number of aliphatic hydroxyl groups excluding tert-OH is 1. The maximum absolute atomic E-state index is 13.7. The van der Waals surface area contributed by atoms with Crippen molar-refractivity contribution in [2.24, 2.45) is 11.8 Å². The number of hydrogen-bond donors (Lipinski definition) is 4. The van der Waals surface area contributed by atoms with Crippen LogP contribution in [0.1, 0.15) is 26.3 Å². The summed E-state index contributed by atoms with van der Waals surface area (Å²) >= 11 is 0. The molecule has 1 amide bonds. The number of carbonyl (C=O) groups is 1. The minimum absolute atomic E-state index is 0.0249. The van der Waals surface area contributed by atoms with Crippen LogP contribution in [-0.4, -0.2) is 76.1 Å². The number of nitrogens with zero attached hydrogens (tertiary/aromatic N) is 1. The maximum atomic E-state index is 13.7. The third-order valence-corrected chi connectivity index (χ3v) is 9.17. The van der Waals surface area contributed by atoms with Crippen molar-refractivity contribution in [2.45, 2.75) is 44.2 Å². The Morgan fingerprint density at radius 1 is 1.00 bits per heavy atom. The van der Waals surface area contributed by atoms with Gasteiger partial charge in [-0.05, 0) is 36.1 Å². The molecule has 1 heterocycles. The zero-order chi connectivity index (χ0) is 28.1. The summed E-state index contributed by atoms with van der Waals surface area (Å²) in [5.74, 6) is -1.71. The first-order valence-electron chi connectivity index (χ1n) is 12.6. The van der Waals surface area contributed by atoms with E-state index in [2.05, 4.69) is 16.0 Å². The van der Waals surface area contributed by atoms with Crippen LogP contribution < -0.4 is 16.0 Å². The van der Waals surface area contributed by atoms with Gasteiger partial charge in [-0.15, -0.1) is 0 Å². The van der Waals surface area contributed by atoms with Gasteiger partial charge in [0.05, 0.1) is 40.8 Å². The van der Waals surface area contributed by atoms with Crippen LogP contribution in [0.25, 0.3) is 0 Å². The molecule has 0 fully saturated rings. The average molecular weight is 567 g/mol. The number of aliphatic hydroxyl groups is 1. The van der Waals surface area contributed by atoms with E-state index in [1.807, 2.05) is 44.2 Å². The molecule has 12 heteroatoms. The van der Waals surface area contributed by atoms with Crippen molar-refractivity contribution < 1.29 is 26.7 Å². The lowest BCUT2D eigenvalue weighted by Gasteiger charge is -2.31. The predicted molar refractivity (Wildman–Crippen MR) is 149 cm³/mol. The van der Waals surface area contributed by atoms with Crippen LogP contribution in [-0.2, 0) is 31.1 Å². The Bertz CT molecular complexity index is 1320. The molecule has 38 heavy (non-hydrogen) atoms. The smallest absolute Gasteiger partial charge is 0.243 e. The lowest BCUT2D eigenvalue weighted by molar-refractivity contribution is -0.125. The number of sulfonamides is 1. The maximum Gasteiger partial charge on any atom is 0.243 e. The van der Waals surface area contributed by atoms with Crippen molar-refractivity contribution >= 4 is 37.1 Å². The monoisotopic (exact) mass is 566 g/mol. The number of benzene rings is 2. The van der Waals surface area contributed by atoms with Crippen molar-refractivity contribution in [3.05, 3.63) is 54.1 Å². The first kappa shape index (κ1) is 29.9. The Morgan fingerprint density at radius 3 is 2.29 bits per heavy atom. The Morgan fingerprint density at radius 2 is 1.66 bits per heavy atom. The summed E-state index contributed by atoms with van der Waals surface area (Å²) in [5.41, 5.74) is 2.33. The Hall–Kier alpha value is -2.67. The van der Waals surface area contributed by atoms with Crippen molar-refractivity contribution in [1.82, 2.24) is 9.62 Å². The van der Waals surface area contributed by atoms with E-state index in [0.29, 0.717) is 12.4 Å². The second-order valence-corrected chi connectivity index (χ2v) is 14.4. The van der Waals surface area contributed by atoms with Crippen molar-refractivity contribution in [1.29, 1.82) is 0 Å². The van der Waals surface area contributed by atoms with E-state index in [4.69, 9.17) is 0 Å². The van der Waals surface area contributed by atoms with Crippen LogP contribution >= 0.6 is 0 Å². The summed E-state index contributed by atoms with van der Waals surface area (Å²) in [6.07, 6.45) is 0.0441. The first-order chi connectivity index (χ1) is 17.8. The van der Waals surface area contributed by atoms with Gasteiger partial charge >= 0.3 is 0 Å². The molecule has 4 N–H and O–H groups in total. The number of hydrogen-bond acceptors (Lipinski definition) is 8. The predicted octanol–water partition coefficient (Wildman–Crippen LogP) is 1.90. The quantitative estimate of drug-likeness (QED) is 0.288. The summed E-state index contributed by atoms with van der Waals surface area (Å²) in [4.78, 5) is 13.0. The number of rotatable bonds is 13. The molecule has 0 aromatic heterocycles. The van der Waals surface area contributed by atoms with Crippen LogP contribution in [0.2, 0.25) is 0 Å². The van der Waals surface area contributed by atoms with Gasteiger partial charge in [0.25, 0.3) is 0 Å². The number of sulfone groups is 1. The van der Waals surface area contributed by atoms with Crippen LogP contribution in [0, 0.1) is 11.8 Å². The average Bonchev–Trinajstić information content (AvgIpc) is 3.30. The Balaban J connectivity index is 1.86. The molecule has 3 atom stereocenters. The minimum atomic E-state index is -3.97. The van der Waals surface area contributed by atoms with Gasteiger partial charge in [0.1, 0.15) is 9.84 Å². The molecule has 0 radical (unpaired) electrons. The van der Waals surface area contributed by atoms with Crippen LogP contribution in [0.5, 0.6) is 0 Å². The zero-order valence-corrected chi connectivity index (χ0v) is 23.8. The van der Waals surface area contributed by atoms with Gasteiger partial charge in [-0.25, -0.2) is 16.8 Å². The highest BCUT2D eigenvalue weighted by molar-refractivity contribution is 7.90. The summed E-state index contributed by atoms with van der Waals surface area (Å²) < 4.78 is 52.0. The lowest BCUT2D eigenvalue weighted by Crippen LogP contribution is -2.52. The van der Waals surface area contributed by atoms with Crippen molar-refractivity contribution in [3.8, 4) is 0 Å². The van der Waals surface area contributed by atoms with Crippen LogP contribution in [0.15, 0.2) is 53.4 Å². The summed E-state index contributed by atoms with van der Waals surface area (Å²) in [6, 6.07) is 13.2. The molecule has 0 saturated heterocycles. The highest BCUT2D eigenvalue weighted by Crippen LogP contribution is 2.30. The Kier molecular flexibility index (Phi) is 9.80. The number of amides is 1. The minimum Gasteiger partial charge on any atom is -0.390 e. The molecule has 0 aliphatic carbocycles. The third kappa shape index (κ3) is 8.16. The largest absolute Gasteiger partial charge is 0.390 e. The third-order valence-electron chi connectivity index (χ3n) is 6.24. The highest BCUT2D eigenvalue weighted by Gasteiger charge is 2.33. The fourth-order valence-electron chi connectivity index (χ4n) is 4.39. The van der Waals surface area contributed by atoms with E-state index in [-0.39, 0.29) is 36.1 Å². The first-order valence-corrected chi connectivity index (χ1v) is 16.1. The van der Waals surface area contributed by atoms with E-state index in [0.717, 1.165) is 17.5 Å². The van der Waals surface area contributed by atoms with E-state index in [1.54, 1.807) is 12.1 Å². The molecule has 210 valence electrons. The second-order valence-electron chi connectivity index (χ2n) is 10.3. The molecular weight excluding hydrogens is 528 g/mol.